The predicted molar refractivity (Wildman–Crippen MR) is 71.9 cm³/mol. The van der Waals surface area contributed by atoms with Crippen molar-refractivity contribution >= 4 is 17.6 Å². The van der Waals surface area contributed by atoms with Crippen molar-refractivity contribution in [1.29, 1.82) is 0 Å². The maximum Gasteiger partial charge on any atom is 0.311 e. The summed E-state index contributed by atoms with van der Waals surface area (Å²) in [6, 6.07) is 12.6. The summed E-state index contributed by atoms with van der Waals surface area (Å²) in [5.74, 6) is -2.00. The van der Waals surface area contributed by atoms with Crippen molar-refractivity contribution in [2.45, 2.75) is 12.3 Å². The summed E-state index contributed by atoms with van der Waals surface area (Å²) in [4.78, 5) is 11.3. The van der Waals surface area contributed by atoms with Crippen molar-refractivity contribution in [2.75, 3.05) is 0 Å². The van der Waals surface area contributed by atoms with Crippen LogP contribution in [0.3, 0.4) is 0 Å². The lowest BCUT2D eigenvalue weighted by Gasteiger charge is -2.13. The molecule has 1 N–H and O–H groups in total. The van der Waals surface area contributed by atoms with Crippen LogP contribution in [0.2, 0.25) is 5.02 Å². The van der Waals surface area contributed by atoms with Gasteiger partial charge in [0.25, 0.3) is 0 Å². The van der Waals surface area contributed by atoms with Gasteiger partial charge in [-0.05, 0) is 41.8 Å². The first-order valence-corrected chi connectivity index (χ1v) is 6.17. The minimum Gasteiger partial charge on any atom is -0.481 e. The third kappa shape index (κ3) is 3.55. The van der Waals surface area contributed by atoms with Crippen LogP contribution in [0.15, 0.2) is 48.5 Å². The molecular weight excluding hydrogens is 267 g/mol. The van der Waals surface area contributed by atoms with E-state index < -0.39 is 11.9 Å². The molecule has 1 unspecified atom stereocenters. The van der Waals surface area contributed by atoms with Gasteiger partial charge >= 0.3 is 5.97 Å². The van der Waals surface area contributed by atoms with Gasteiger partial charge in [0, 0.05) is 5.02 Å². The van der Waals surface area contributed by atoms with Crippen LogP contribution in [-0.2, 0) is 11.2 Å². The molecule has 0 radical (unpaired) electrons. The summed E-state index contributed by atoms with van der Waals surface area (Å²) in [5.41, 5.74) is 1.46. The molecule has 2 aromatic carbocycles. The van der Waals surface area contributed by atoms with Crippen molar-refractivity contribution in [3.63, 3.8) is 0 Å². The topological polar surface area (TPSA) is 37.3 Å². The number of carbonyl (C=O) groups is 1. The number of rotatable bonds is 4. The van der Waals surface area contributed by atoms with Gasteiger partial charge in [-0.1, -0.05) is 35.9 Å². The zero-order chi connectivity index (χ0) is 13.8. The molecule has 0 aliphatic rings. The van der Waals surface area contributed by atoms with Crippen LogP contribution in [0.5, 0.6) is 0 Å². The number of benzene rings is 2. The Bertz CT molecular complexity index is 564. The van der Waals surface area contributed by atoms with E-state index in [1.54, 1.807) is 24.3 Å². The van der Waals surface area contributed by atoms with Crippen molar-refractivity contribution in [3.8, 4) is 0 Å². The van der Waals surface area contributed by atoms with Gasteiger partial charge in [-0.15, -0.1) is 0 Å². The predicted octanol–water partition coefficient (Wildman–Crippen LogP) is 3.89. The first kappa shape index (κ1) is 13.6. The molecule has 2 rings (SSSR count). The normalized spacial score (nSPS) is 12.1. The Kier molecular flexibility index (Phi) is 4.17. The Balaban J connectivity index is 2.23. The number of hydrogen-bond donors (Lipinski definition) is 1. The zero-order valence-corrected chi connectivity index (χ0v) is 10.8. The van der Waals surface area contributed by atoms with Crippen LogP contribution < -0.4 is 0 Å². The highest BCUT2D eigenvalue weighted by molar-refractivity contribution is 6.30. The Morgan fingerprint density at radius 2 is 1.68 bits per heavy atom. The van der Waals surface area contributed by atoms with Crippen LogP contribution in [0, 0.1) is 5.82 Å². The highest BCUT2D eigenvalue weighted by atomic mass is 35.5. The van der Waals surface area contributed by atoms with Crippen LogP contribution in [-0.4, -0.2) is 11.1 Å². The first-order chi connectivity index (χ1) is 9.06. The highest BCUT2D eigenvalue weighted by Crippen LogP contribution is 2.22. The molecule has 2 nitrogen and oxygen atoms in total. The third-order valence-corrected chi connectivity index (χ3v) is 3.18. The van der Waals surface area contributed by atoms with Crippen molar-refractivity contribution in [3.05, 3.63) is 70.5 Å². The number of aliphatic carboxylic acids is 1. The van der Waals surface area contributed by atoms with Crippen LogP contribution in [0.1, 0.15) is 17.0 Å². The summed E-state index contributed by atoms with van der Waals surface area (Å²) in [5, 5.41) is 9.90. The smallest absolute Gasteiger partial charge is 0.311 e. The summed E-state index contributed by atoms with van der Waals surface area (Å²) in [6.07, 6.45) is 0.345. The Hall–Kier alpha value is -1.87. The van der Waals surface area contributed by atoms with Crippen LogP contribution >= 0.6 is 11.6 Å². The second-order valence-electron chi connectivity index (χ2n) is 4.27. The van der Waals surface area contributed by atoms with Crippen molar-refractivity contribution in [2.24, 2.45) is 0 Å². The largest absolute Gasteiger partial charge is 0.481 e. The number of carboxylic acid groups (broad SMARTS) is 1. The number of carboxylic acids is 1. The minimum atomic E-state index is -0.929. The van der Waals surface area contributed by atoms with E-state index in [0.29, 0.717) is 17.0 Å². The van der Waals surface area contributed by atoms with Gasteiger partial charge in [0.1, 0.15) is 5.82 Å². The molecule has 98 valence electrons. The van der Waals surface area contributed by atoms with E-state index in [0.717, 1.165) is 5.56 Å². The van der Waals surface area contributed by atoms with Crippen LogP contribution in [0.25, 0.3) is 0 Å². The average molecular weight is 279 g/mol. The molecule has 2 aromatic rings. The second kappa shape index (κ2) is 5.85. The molecule has 0 saturated heterocycles. The lowest BCUT2D eigenvalue weighted by atomic mass is 9.92. The second-order valence-corrected chi connectivity index (χ2v) is 4.71. The quantitative estimate of drug-likeness (QED) is 0.921. The minimum absolute atomic E-state index is 0.345. The summed E-state index contributed by atoms with van der Waals surface area (Å²) in [6.45, 7) is 0. The fraction of sp³-hybridized carbons (Fsp3) is 0.133. The highest BCUT2D eigenvalue weighted by Gasteiger charge is 2.20. The maximum absolute atomic E-state index is 12.9. The fourth-order valence-electron chi connectivity index (χ4n) is 1.90. The third-order valence-electron chi connectivity index (χ3n) is 2.92. The van der Waals surface area contributed by atoms with Gasteiger partial charge in [-0.25, -0.2) is 4.39 Å². The molecule has 0 aliphatic heterocycles. The van der Waals surface area contributed by atoms with E-state index in [2.05, 4.69) is 0 Å². The summed E-state index contributed by atoms with van der Waals surface area (Å²) >= 11 is 5.79. The van der Waals surface area contributed by atoms with E-state index in [-0.39, 0.29) is 5.82 Å². The standard InChI is InChI=1S/C15H12ClFO2/c16-12-5-1-10(2-6-12)9-14(15(18)19)11-3-7-13(17)8-4-11/h1-8,14H,9H2,(H,18,19). The monoisotopic (exact) mass is 278 g/mol. The first-order valence-electron chi connectivity index (χ1n) is 5.79. The van der Waals surface area contributed by atoms with Crippen molar-refractivity contribution in [1.82, 2.24) is 0 Å². The molecule has 0 saturated carbocycles. The Labute approximate surface area is 115 Å². The van der Waals surface area contributed by atoms with Gasteiger partial charge in [0.2, 0.25) is 0 Å². The van der Waals surface area contributed by atoms with Gasteiger partial charge < -0.3 is 5.11 Å². The molecule has 19 heavy (non-hydrogen) atoms. The molecule has 0 spiro atoms. The van der Waals surface area contributed by atoms with E-state index in [9.17, 15) is 14.3 Å². The Morgan fingerprint density at radius 3 is 2.21 bits per heavy atom. The fourth-order valence-corrected chi connectivity index (χ4v) is 2.03. The van der Waals surface area contributed by atoms with E-state index in [4.69, 9.17) is 11.6 Å². The van der Waals surface area contributed by atoms with Gasteiger partial charge in [-0.2, -0.15) is 0 Å². The van der Waals surface area contributed by atoms with E-state index in [1.165, 1.54) is 24.3 Å². The van der Waals surface area contributed by atoms with E-state index >= 15 is 0 Å². The lowest BCUT2D eigenvalue weighted by molar-refractivity contribution is -0.138. The number of hydrogen-bond acceptors (Lipinski definition) is 1. The van der Waals surface area contributed by atoms with Crippen LogP contribution in [0.4, 0.5) is 4.39 Å². The molecule has 4 heteroatoms. The molecular formula is C15H12ClFO2. The molecule has 1 atom stereocenters. The molecule has 0 heterocycles. The van der Waals surface area contributed by atoms with E-state index in [1.807, 2.05) is 0 Å². The van der Waals surface area contributed by atoms with Gasteiger partial charge in [-0.3, -0.25) is 4.79 Å². The summed E-state index contributed by atoms with van der Waals surface area (Å²) in [7, 11) is 0. The average Bonchev–Trinajstić information content (AvgIpc) is 2.39. The van der Waals surface area contributed by atoms with Gasteiger partial charge in [0.05, 0.1) is 5.92 Å². The zero-order valence-electron chi connectivity index (χ0n) is 10.0. The number of halogens is 2. The van der Waals surface area contributed by atoms with Crippen molar-refractivity contribution < 1.29 is 14.3 Å². The Morgan fingerprint density at radius 1 is 1.11 bits per heavy atom. The molecule has 0 fully saturated rings. The maximum atomic E-state index is 12.9. The molecule has 0 aliphatic carbocycles. The molecule has 0 aromatic heterocycles. The molecule has 0 amide bonds. The summed E-state index contributed by atoms with van der Waals surface area (Å²) < 4.78 is 12.9. The SMILES string of the molecule is O=C(O)C(Cc1ccc(Cl)cc1)c1ccc(F)cc1. The lowest BCUT2D eigenvalue weighted by Crippen LogP contribution is -2.14. The van der Waals surface area contributed by atoms with Gasteiger partial charge in [0.15, 0.2) is 0 Å². The molecule has 0 bridgehead atoms.